The number of halogens is 4. The fraction of sp³-hybridized carbons (Fsp3) is 0.700. The highest BCUT2D eigenvalue weighted by Gasteiger charge is 2.41. The van der Waals surface area contributed by atoms with Crippen LogP contribution in [0.15, 0.2) is 12.4 Å². The average Bonchev–Trinajstić information content (AvgIpc) is 2.76. The van der Waals surface area contributed by atoms with E-state index < -0.39 is 31.7 Å². The molecule has 1 rings (SSSR count). The van der Waals surface area contributed by atoms with Gasteiger partial charge in [0.05, 0.1) is 6.61 Å². The minimum absolute atomic E-state index is 0.248. The van der Waals surface area contributed by atoms with Gasteiger partial charge in [0.1, 0.15) is 18.5 Å². The lowest BCUT2D eigenvalue weighted by molar-refractivity contribution is -0.171. The number of rotatable bonds is 7. The summed E-state index contributed by atoms with van der Waals surface area (Å²) in [4.78, 5) is 3.83. The molecule has 8 heteroatoms. The van der Waals surface area contributed by atoms with Crippen molar-refractivity contribution in [3.63, 3.8) is 0 Å². The summed E-state index contributed by atoms with van der Waals surface area (Å²) in [6, 6.07) is 0. The zero-order valence-corrected chi connectivity index (χ0v) is 9.69. The number of alkyl halides is 4. The Kier molecular flexibility index (Phi) is 5.09. The predicted molar refractivity (Wildman–Crippen MR) is 54.6 cm³/mol. The molecule has 4 nitrogen and oxygen atoms in total. The van der Waals surface area contributed by atoms with Crippen molar-refractivity contribution in [3.05, 3.63) is 18.2 Å². The van der Waals surface area contributed by atoms with Crippen LogP contribution in [0.25, 0.3) is 0 Å². The smallest absolute Gasteiger partial charge is 0.330 e. The van der Waals surface area contributed by atoms with Gasteiger partial charge in [-0.15, -0.1) is 0 Å². The van der Waals surface area contributed by atoms with Gasteiger partial charge in [-0.3, -0.25) is 0 Å². The second-order valence-electron chi connectivity index (χ2n) is 3.66. The molecule has 104 valence electrons. The molecule has 1 heterocycles. The van der Waals surface area contributed by atoms with E-state index in [0.717, 1.165) is 0 Å². The highest BCUT2D eigenvalue weighted by Crippen LogP contribution is 2.23. The van der Waals surface area contributed by atoms with Crippen LogP contribution >= 0.6 is 0 Å². The number of aliphatic hydroxyl groups excluding tert-OH is 1. The Bertz CT molecular complexity index is 371. The Balaban J connectivity index is 2.45. The quantitative estimate of drug-likeness (QED) is 0.769. The SMILES string of the molecule is CCn1ccnc1C(O)COCC(F)(F)C(F)F. The normalized spacial score (nSPS) is 14.2. The van der Waals surface area contributed by atoms with Crippen molar-refractivity contribution in [1.29, 1.82) is 0 Å². The summed E-state index contributed by atoms with van der Waals surface area (Å²) in [5.74, 6) is -3.96. The van der Waals surface area contributed by atoms with Crippen LogP contribution in [0.1, 0.15) is 18.9 Å². The number of hydrogen-bond acceptors (Lipinski definition) is 3. The van der Waals surface area contributed by atoms with E-state index in [0.29, 0.717) is 6.54 Å². The molecule has 0 aliphatic carbocycles. The first-order valence-electron chi connectivity index (χ1n) is 5.31. The van der Waals surface area contributed by atoms with Crippen molar-refractivity contribution < 1.29 is 27.4 Å². The van der Waals surface area contributed by atoms with Gasteiger partial charge in [-0.05, 0) is 6.92 Å². The molecular weight excluding hydrogens is 256 g/mol. The number of aryl methyl sites for hydroxylation is 1. The van der Waals surface area contributed by atoms with Gasteiger partial charge < -0.3 is 14.4 Å². The summed E-state index contributed by atoms with van der Waals surface area (Å²) in [7, 11) is 0. The van der Waals surface area contributed by atoms with Crippen molar-refractivity contribution in [2.24, 2.45) is 0 Å². The summed E-state index contributed by atoms with van der Waals surface area (Å²) in [6.45, 7) is 0.400. The summed E-state index contributed by atoms with van der Waals surface area (Å²) in [5.41, 5.74) is 0. The van der Waals surface area contributed by atoms with Crippen molar-refractivity contribution in [2.75, 3.05) is 13.2 Å². The molecule has 1 aromatic rings. The van der Waals surface area contributed by atoms with Crippen LogP contribution in [0.2, 0.25) is 0 Å². The van der Waals surface area contributed by atoms with Crippen LogP contribution in [0.3, 0.4) is 0 Å². The van der Waals surface area contributed by atoms with Crippen molar-refractivity contribution >= 4 is 0 Å². The minimum Gasteiger partial charge on any atom is -0.383 e. The lowest BCUT2D eigenvalue weighted by atomic mass is 10.3. The zero-order chi connectivity index (χ0) is 13.8. The van der Waals surface area contributed by atoms with E-state index in [4.69, 9.17) is 0 Å². The molecule has 1 unspecified atom stereocenters. The number of aromatic nitrogens is 2. The van der Waals surface area contributed by atoms with E-state index in [2.05, 4.69) is 9.72 Å². The Morgan fingerprint density at radius 1 is 1.50 bits per heavy atom. The molecule has 0 fully saturated rings. The van der Waals surface area contributed by atoms with Crippen LogP contribution in [0.5, 0.6) is 0 Å². The van der Waals surface area contributed by atoms with Crippen LogP contribution in [0.4, 0.5) is 17.6 Å². The second-order valence-corrected chi connectivity index (χ2v) is 3.66. The Morgan fingerprint density at radius 2 is 2.17 bits per heavy atom. The van der Waals surface area contributed by atoms with E-state index in [1.165, 1.54) is 6.20 Å². The van der Waals surface area contributed by atoms with Gasteiger partial charge in [-0.1, -0.05) is 0 Å². The summed E-state index contributed by atoms with van der Waals surface area (Å²) >= 11 is 0. The molecule has 18 heavy (non-hydrogen) atoms. The van der Waals surface area contributed by atoms with Gasteiger partial charge in [-0.2, -0.15) is 8.78 Å². The summed E-state index contributed by atoms with van der Waals surface area (Å²) in [6.07, 6.45) is -1.97. The summed E-state index contributed by atoms with van der Waals surface area (Å²) in [5, 5.41) is 9.62. The fourth-order valence-corrected chi connectivity index (χ4v) is 1.33. The van der Waals surface area contributed by atoms with E-state index in [-0.39, 0.29) is 5.82 Å². The maximum atomic E-state index is 12.5. The topological polar surface area (TPSA) is 47.3 Å². The van der Waals surface area contributed by atoms with Gasteiger partial charge in [0, 0.05) is 18.9 Å². The zero-order valence-electron chi connectivity index (χ0n) is 9.69. The molecule has 0 aliphatic rings. The highest BCUT2D eigenvalue weighted by atomic mass is 19.3. The molecule has 0 saturated carbocycles. The second kappa shape index (κ2) is 6.14. The number of aliphatic hydroxyl groups is 1. The first-order chi connectivity index (χ1) is 8.38. The molecule has 0 radical (unpaired) electrons. The Labute approximate surface area is 101 Å². The monoisotopic (exact) mass is 270 g/mol. The third-order valence-corrected chi connectivity index (χ3v) is 2.28. The number of hydrogen-bond donors (Lipinski definition) is 1. The molecule has 0 aromatic carbocycles. The molecule has 1 N–H and O–H groups in total. The van der Waals surface area contributed by atoms with Crippen LogP contribution in [-0.2, 0) is 11.3 Å². The summed E-state index contributed by atoms with van der Waals surface area (Å²) < 4.78 is 54.7. The standard InChI is InChI=1S/C10H14F4N2O2/c1-2-16-4-3-15-8(16)7(17)5-18-6-10(13,14)9(11)12/h3-4,7,9,17H,2,5-6H2,1H3. The van der Waals surface area contributed by atoms with E-state index >= 15 is 0 Å². The maximum absolute atomic E-state index is 12.5. The van der Waals surface area contributed by atoms with E-state index in [1.807, 2.05) is 6.92 Å². The van der Waals surface area contributed by atoms with Gasteiger partial charge >= 0.3 is 12.3 Å². The lowest BCUT2D eigenvalue weighted by Crippen LogP contribution is -2.33. The largest absolute Gasteiger partial charge is 0.383 e. The fourth-order valence-electron chi connectivity index (χ4n) is 1.33. The van der Waals surface area contributed by atoms with Crippen molar-refractivity contribution in [1.82, 2.24) is 9.55 Å². The molecule has 0 bridgehead atoms. The molecule has 1 aromatic heterocycles. The Hall–Kier alpha value is -1.15. The van der Waals surface area contributed by atoms with E-state index in [1.54, 1.807) is 10.8 Å². The van der Waals surface area contributed by atoms with Crippen LogP contribution in [0, 0.1) is 0 Å². The third-order valence-electron chi connectivity index (χ3n) is 2.28. The predicted octanol–water partition coefficient (Wildman–Crippen LogP) is 1.85. The van der Waals surface area contributed by atoms with Crippen molar-refractivity contribution in [3.8, 4) is 0 Å². The average molecular weight is 270 g/mol. The van der Waals surface area contributed by atoms with Crippen molar-refractivity contribution in [2.45, 2.75) is 31.9 Å². The maximum Gasteiger partial charge on any atom is 0.330 e. The van der Waals surface area contributed by atoms with Gasteiger partial charge in [0.2, 0.25) is 0 Å². The molecular formula is C10H14F4N2O2. The molecule has 0 amide bonds. The molecule has 1 atom stereocenters. The minimum atomic E-state index is -4.21. The van der Waals surface area contributed by atoms with Crippen LogP contribution in [-0.4, -0.2) is 40.2 Å². The molecule has 0 saturated heterocycles. The first-order valence-corrected chi connectivity index (χ1v) is 5.31. The van der Waals surface area contributed by atoms with Gasteiger partial charge in [0.15, 0.2) is 0 Å². The number of nitrogens with zero attached hydrogens (tertiary/aromatic N) is 2. The van der Waals surface area contributed by atoms with Gasteiger partial charge in [0.25, 0.3) is 0 Å². The molecule has 0 spiro atoms. The number of ether oxygens (including phenoxy) is 1. The Morgan fingerprint density at radius 3 is 2.72 bits per heavy atom. The van der Waals surface area contributed by atoms with Gasteiger partial charge in [-0.25, -0.2) is 13.8 Å². The third kappa shape index (κ3) is 3.67. The lowest BCUT2D eigenvalue weighted by Gasteiger charge is -2.17. The van der Waals surface area contributed by atoms with E-state index in [9.17, 15) is 22.7 Å². The molecule has 0 aliphatic heterocycles. The van der Waals surface area contributed by atoms with Crippen LogP contribution < -0.4 is 0 Å². The highest BCUT2D eigenvalue weighted by molar-refractivity contribution is 4.96. The number of imidazole rings is 1. The first kappa shape index (κ1) is 14.9.